The zero-order valence-corrected chi connectivity index (χ0v) is 16.2. The number of rotatable bonds is 3. The quantitative estimate of drug-likeness (QED) is 0.770. The van der Waals surface area contributed by atoms with Crippen molar-refractivity contribution in [3.05, 3.63) is 45.6 Å². The van der Waals surface area contributed by atoms with E-state index in [1.807, 2.05) is 12.1 Å². The number of nitrogens with zero attached hydrogens (tertiary/aromatic N) is 2. The topological polar surface area (TPSA) is 66.9 Å². The molecule has 1 aromatic carbocycles. The van der Waals surface area contributed by atoms with Crippen LogP contribution in [0.15, 0.2) is 39.9 Å². The maximum absolute atomic E-state index is 12.6. The van der Waals surface area contributed by atoms with Gasteiger partial charge in [0.15, 0.2) is 0 Å². The summed E-state index contributed by atoms with van der Waals surface area (Å²) in [4.78, 5) is 14.3. The first-order chi connectivity index (χ1) is 12.5. The van der Waals surface area contributed by atoms with Crippen LogP contribution in [-0.2, 0) is 21.4 Å². The Kier molecular flexibility index (Phi) is 4.68. The molecule has 0 radical (unpaired) electrons. The van der Waals surface area contributed by atoms with Crippen LogP contribution in [0.3, 0.4) is 0 Å². The Bertz CT molecular complexity index is 922. The molecule has 2 aliphatic rings. The van der Waals surface area contributed by atoms with E-state index in [-0.39, 0.29) is 12.6 Å². The number of piperidine rings is 1. The van der Waals surface area contributed by atoms with E-state index in [1.54, 1.807) is 27.8 Å². The molecule has 26 heavy (non-hydrogen) atoms. The lowest BCUT2D eigenvalue weighted by Crippen LogP contribution is -2.50. The number of anilines is 1. The average molecular weight is 413 g/mol. The van der Waals surface area contributed by atoms with E-state index in [4.69, 9.17) is 16.3 Å². The molecule has 0 bridgehead atoms. The summed E-state index contributed by atoms with van der Waals surface area (Å²) in [5, 5.41) is 3.96. The zero-order chi connectivity index (χ0) is 18.3. The van der Waals surface area contributed by atoms with Crippen LogP contribution in [0, 0.1) is 0 Å². The normalized spacial score (nSPS) is 19.3. The summed E-state index contributed by atoms with van der Waals surface area (Å²) in [6.45, 7) is 0.890. The Labute approximate surface area is 161 Å². The second-order valence-electron chi connectivity index (χ2n) is 6.26. The SMILES string of the molecule is O=C1OCc2c(Cl)cccc2N1C1CCN(S(=O)(=O)c2ccsc2)CC1. The van der Waals surface area contributed by atoms with Crippen molar-refractivity contribution in [1.82, 2.24) is 4.31 Å². The second-order valence-corrected chi connectivity index (χ2v) is 9.38. The van der Waals surface area contributed by atoms with Gasteiger partial charge < -0.3 is 4.74 Å². The number of cyclic esters (lactones) is 1. The van der Waals surface area contributed by atoms with Gasteiger partial charge in [0.1, 0.15) is 6.61 Å². The van der Waals surface area contributed by atoms with Gasteiger partial charge in [0, 0.05) is 35.1 Å². The number of benzene rings is 1. The molecule has 0 unspecified atom stereocenters. The van der Waals surface area contributed by atoms with Crippen LogP contribution in [0.2, 0.25) is 5.02 Å². The Morgan fingerprint density at radius 2 is 1.96 bits per heavy atom. The number of thiophene rings is 1. The number of hydrogen-bond donors (Lipinski definition) is 0. The maximum Gasteiger partial charge on any atom is 0.414 e. The van der Waals surface area contributed by atoms with Gasteiger partial charge in [-0.1, -0.05) is 17.7 Å². The molecule has 0 N–H and O–H groups in total. The number of carbonyl (C=O) groups is 1. The summed E-state index contributed by atoms with van der Waals surface area (Å²) in [6, 6.07) is 6.94. The number of ether oxygens (including phenoxy) is 1. The molecular formula is C17H17ClN2O4S2. The monoisotopic (exact) mass is 412 g/mol. The first kappa shape index (κ1) is 17.8. The smallest absolute Gasteiger partial charge is 0.414 e. The molecule has 6 nitrogen and oxygen atoms in total. The van der Waals surface area contributed by atoms with Crippen LogP contribution >= 0.6 is 22.9 Å². The van der Waals surface area contributed by atoms with E-state index in [9.17, 15) is 13.2 Å². The summed E-state index contributed by atoms with van der Waals surface area (Å²) in [7, 11) is -3.47. The minimum absolute atomic E-state index is 0.117. The van der Waals surface area contributed by atoms with Gasteiger partial charge in [-0.25, -0.2) is 13.2 Å². The average Bonchev–Trinajstić information content (AvgIpc) is 3.17. The van der Waals surface area contributed by atoms with Gasteiger partial charge in [0.25, 0.3) is 0 Å². The van der Waals surface area contributed by atoms with Crippen molar-refractivity contribution in [2.45, 2.75) is 30.4 Å². The Morgan fingerprint density at radius 3 is 2.65 bits per heavy atom. The molecule has 9 heteroatoms. The lowest BCUT2D eigenvalue weighted by Gasteiger charge is -2.39. The summed E-state index contributed by atoms with van der Waals surface area (Å²) < 4.78 is 32.1. The van der Waals surface area contributed by atoms with E-state index in [2.05, 4.69) is 0 Å². The number of hydrogen-bond acceptors (Lipinski definition) is 5. The third-order valence-electron chi connectivity index (χ3n) is 4.81. The summed E-state index contributed by atoms with van der Waals surface area (Å²) in [5.74, 6) is 0. The third kappa shape index (κ3) is 3.00. The first-order valence-electron chi connectivity index (χ1n) is 8.24. The number of carbonyl (C=O) groups excluding carboxylic acids is 1. The molecule has 0 atom stereocenters. The van der Waals surface area contributed by atoms with Crippen molar-refractivity contribution in [3.8, 4) is 0 Å². The largest absolute Gasteiger partial charge is 0.444 e. The van der Waals surface area contributed by atoms with E-state index < -0.39 is 16.1 Å². The summed E-state index contributed by atoms with van der Waals surface area (Å²) in [5.41, 5.74) is 1.55. The summed E-state index contributed by atoms with van der Waals surface area (Å²) in [6.07, 6.45) is 0.688. The Morgan fingerprint density at radius 1 is 1.19 bits per heavy atom. The lowest BCUT2D eigenvalue weighted by atomic mass is 10.0. The van der Waals surface area contributed by atoms with E-state index >= 15 is 0 Å². The molecule has 138 valence electrons. The van der Waals surface area contributed by atoms with Crippen molar-refractivity contribution in [1.29, 1.82) is 0 Å². The number of halogens is 1. The number of fused-ring (bicyclic) bond motifs is 1. The fourth-order valence-electron chi connectivity index (χ4n) is 3.45. The first-order valence-corrected chi connectivity index (χ1v) is 11.0. The molecule has 0 spiro atoms. The van der Waals surface area contributed by atoms with Gasteiger partial charge in [-0.2, -0.15) is 15.6 Å². The molecule has 3 heterocycles. The van der Waals surface area contributed by atoms with Gasteiger partial charge >= 0.3 is 6.09 Å². The van der Waals surface area contributed by atoms with Gasteiger partial charge in [-0.05, 0) is 36.4 Å². The second kappa shape index (κ2) is 6.84. The molecule has 1 aromatic heterocycles. The van der Waals surface area contributed by atoms with Crippen LogP contribution in [-0.4, -0.2) is 37.9 Å². The number of amides is 1. The highest BCUT2D eigenvalue weighted by Gasteiger charge is 2.37. The third-order valence-corrected chi connectivity index (χ3v) is 7.89. The minimum Gasteiger partial charge on any atom is -0.444 e. The van der Waals surface area contributed by atoms with Gasteiger partial charge in [0.2, 0.25) is 10.0 Å². The van der Waals surface area contributed by atoms with Crippen molar-refractivity contribution in [2.24, 2.45) is 0 Å². The highest BCUT2D eigenvalue weighted by molar-refractivity contribution is 7.89. The Hall–Kier alpha value is -1.61. The van der Waals surface area contributed by atoms with Crippen LogP contribution < -0.4 is 4.90 Å². The maximum atomic E-state index is 12.6. The van der Waals surface area contributed by atoms with Crippen molar-refractivity contribution < 1.29 is 17.9 Å². The van der Waals surface area contributed by atoms with Crippen molar-refractivity contribution in [3.63, 3.8) is 0 Å². The molecule has 0 aliphatic carbocycles. The molecule has 1 amide bonds. The minimum atomic E-state index is -3.47. The van der Waals surface area contributed by atoms with Gasteiger partial charge in [0.05, 0.1) is 10.6 Å². The van der Waals surface area contributed by atoms with E-state index in [0.29, 0.717) is 35.8 Å². The highest BCUT2D eigenvalue weighted by atomic mass is 35.5. The predicted molar refractivity (Wildman–Crippen MR) is 100 cm³/mol. The standard InChI is InChI=1S/C17H17ClN2O4S2/c18-15-2-1-3-16-14(15)10-24-17(21)20(16)12-4-7-19(8-5-12)26(22,23)13-6-9-25-11-13/h1-3,6,9,11-12H,4-5,7-8,10H2. The Balaban J connectivity index is 1.54. The molecule has 2 aromatic rings. The van der Waals surface area contributed by atoms with Crippen LogP contribution in [0.5, 0.6) is 0 Å². The number of sulfonamides is 1. The molecular weight excluding hydrogens is 396 g/mol. The highest BCUT2D eigenvalue weighted by Crippen LogP contribution is 2.36. The van der Waals surface area contributed by atoms with Crippen LogP contribution in [0.4, 0.5) is 10.5 Å². The summed E-state index contributed by atoms with van der Waals surface area (Å²) >= 11 is 7.59. The molecule has 1 fully saturated rings. The fraction of sp³-hybridized carbons (Fsp3) is 0.353. The molecule has 1 saturated heterocycles. The lowest BCUT2D eigenvalue weighted by molar-refractivity contribution is 0.136. The van der Waals surface area contributed by atoms with Gasteiger partial charge in [-0.3, -0.25) is 4.90 Å². The van der Waals surface area contributed by atoms with Crippen LogP contribution in [0.25, 0.3) is 0 Å². The molecule has 0 saturated carbocycles. The van der Waals surface area contributed by atoms with Gasteiger partial charge in [-0.15, -0.1) is 0 Å². The van der Waals surface area contributed by atoms with E-state index in [0.717, 1.165) is 11.3 Å². The van der Waals surface area contributed by atoms with Crippen LogP contribution in [0.1, 0.15) is 18.4 Å². The fourth-order valence-corrected chi connectivity index (χ4v) is 6.16. The van der Waals surface area contributed by atoms with Crippen molar-refractivity contribution >= 4 is 44.7 Å². The molecule has 4 rings (SSSR count). The van der Waals surface area contributed by atoms with E-state index in [1.165, 1.54) is 15.6 Å². The van der Waals surface area contributed by atoms with Crippen molar-refractivity contribution in [2.75, 3.05) is 18.0 Å². The predicted octanol–water partition coefficient (Wildman–Crippen LogP) is 3.71. The zero-order valence-electron chi connectivity index (χ0n) is 13.8. The molecule has 2 aliphatic heterocycles.